The zero-order valence-electron chi connectivity index (χ0n) is 20.3. The van der Waals surface area contributed by atoms with Crippen molar-refractivity contribution >= 4 is 17.3 Å². The van der Waals surface area contributed by atoms with Gasteiger partial charge in [-0.15, -0.1) is 0 Å². The lowest BCUT2D eigenvalue weighted by molar-refractivity contribution is -0.0137. The number of aromatic nitrogens is 3. The molecule has 0 aliphatic carbocycles. The standard InChI is InChI=1S/C27H24ClF3N4O2/c1-15-13-34(14-27(15,30)31)24-9-18(12-32-16(24)2)21-11-19(29)10-20(25(21)36)17-4-5-23(22(28)8-17)35-7-6-33(3)26(35)37/h4-12,15,36H,13-14H2,1-3H3/t15-/m0/s1. The Labute approximate surface area is 216 Å². The number of rotatable bonds is 4. The Hall–Kier alpha value is -3.72. The average molecular weight is 529 g/mol. The summed E-state index contributed by atoms with van der Waals surface area (Å²) < 4.78 is 46.0. The molecule has 1 aliphatic rings. The number of anilines is 1. The number of hydrogen-bond acceptors (Lipinski definition) is 4. The van der Waals surface area contributed by atoms with E-state index in [1.165, 1.54) is 34.4 Å². The van der Waals surface area contributed by atoms with Gasteiger partial charge in [-0.05, 0) is 42.8 Å². The predicted octanol–water partition coefficient (Wildman–Crippen LogP) is 5.80. The summed E-state index contributed by atoms with van der Waals surface area (Å²) in [6.45, 7) is 2.95. The van der Waals surface area contributed by atoms with Crippen LogP contribution in [0.2, 0.25) is 5.02 Å². The highest BCUT2D eigenvalue weighted by Crippen LogP contribution is 2.42. The van der Waals surface area contributed by atoms with Crippen LogP contribution in [-0.4, -0.2) is 38.2 Å². The highest BCUT2D eigenvalue weighted by Gasteiger charge is 2.45. The van der Waals surface area contributed by atoms with Gasteiger partial charge in [0.05, 0.1) is 28.6 Å². The van der Waals surface area contributed by atoms with Crippen molar-refractivity contribution in [2.45, 2.75) is 19.8 Å². The van der Waals surface area contributed by atoms with Crippen LogP contribution in [-0.2, 0) is 7.05 Å². The molecule has 0 unspecified atom stereocenters. The number of aryl methyl sites for hydroxylation is 2. The molecule has 10 heteroatoms. The number of pyridine rings is 1. The Morgan fingerprint density at radius 3 is 2.38 bits per heavy atom. The van der Waals surface area contributed by atoms with Crippen molar-refractivity contribution in [3.05, 3.63) is 82.0 Å². The van der Waals surface area contributed by atoms with Gasteiger partial charge in [0.25, 0.3) is 5.92 Å². The molecule has 1 aliphatic heterocycles. The predicted molar refractivity (Wildman–Crippen MR) is 137 cm³/mol. The van der Waals surface area contributed by atoms with Crippen molar-refractivity contribution in [3.8, 4) is 33.7 Å². The third-order valence-corrected chi connectivity index (χ3v) is 7.17. The number of hydrogen-bond donors (Lipinski definition) is 1. The van der Waals surface area contributed by atoms with Crippen molar-refractivity contribution in [2.24, 2.45) is 13.0 Å². The number of alkyl halides is 2. The molecule has 0 amide bonds. The molecule has 6 nitrogen and oxygen atoms in total. The minimum Gasteiger partial charge on any atom is -0.507 e. The summed E-state index contributed by atoms with van der Waals surface area (Å²) in [6.07, 6.45) is 4.66. The second kappa shape index (κ2) is 8.99. The second-order valence-corrected chi connectivity index (χ2v) is 9.86. The van der Waals surface area contributed by atoms with E-state index < -0.39 is 24.2 Å². The van der Waals surface area contributed by atoms with E-state index in [1.54, 1.807) is 55.5 Å². The first-order valence-electron chi connectivity index (χ1n) is 11.6. The lowest BCUT2D eigenvalue weighted by Crippen LogP contribution is -2.27. The van der Waals surface area contributed by atoms with Gasteiger partial charge in [0.15, 0.2) is 0 Å². The summed E-state index contributed by atoms with van der Waals surface area (Å²) in [7, 11) is 1.62. The van der Waals surface area contributed by atoms with Gasteiger partial charge in [-0.1, -0.05) is 24.6 Å². The summed E-state index contributed by atoms with van der Waals surface area (Å²) >= 11 is 6.47. The van der Waals surface area contributed by atoms with Crippen LogP contribution in [0.15, 0.2) is 59.8 Å². The molecule has 0 bridgehead atoms. The van der Waals surface area contributed by atoms with Crippen molar-refractivity contribution < 1.29 is 18.3 Å². The third-order valence-electron chi connectivity index (χ3n) is 6.87. The van der Waals surface area contributed by atoms with Crippen molar-refractivity contribution in [2.75, 3.05) is 18.0 Å². The molecule has 1 N–H and O–H groups in total. The smallest absolute Gasteiger partial charge is 0.332 e. The molecular weight excluding hydrogens is 505 g/mol. The maximum Gasteiger partial charge on any atom is 0.332 e. The van der Waals surface area contributed by atoms with E-state index >= 15 is 0 Å². The molecule has 192 valence electrons. The molecule has 0 radical (unpaired) electrons. The minimum atomic E-state index is -2.83. The Morgan fingerprint density at radius 2 is 1.78 bits per heavy atom. The van der Waals surface area contributed by atoms with Crippen molar-refractivity contribution in [1.29, 1.82) is 0 Å². The second-order valence-electron chi connectivity index (χ2n) is 9.45. The van der Waals surface area contributed by atoms with Gasteiger partial charge < -0.3 is 14.6 Å². The summed E-state index contributed by atoms with van der Waals surface area (Å²) in [6, 6.07) is 8.79. The molecule has 0 saturated carbocycles. The van der Waals surface area contributed by atoms with E-state index in [-0.39, 0.29) is 34.1 Å². The first kappa shape index (κ1) is 25.0. The molecule has 2 aromatic heterocycles. The van der Waals surface area contributed by atoms with E-state index in [9.17, 15) is 23.1 Å². The lowest BCUT2D eigenvalue weighted by Gasteiger charge is -2.21. The molecule has 4 aromatic rings. The van der Waals surface area contributed by atoms with Gasteiger partial charge in [0.2, 0.25) is 0 Å². The fourth-order valence-electron chi connectivity index (χ4n) is 4.67. The molecule has 37 heavy (non-hydrogen) atoms. The van der Waals surface area contributed by atoms with Crippen molar-refractivity contribution in [1.82, 2.24) is 14.1 Å². The Morgan fingerprint density at radius 1 is 1.08 bits per heavy atom. The number of benzene rings is 2. The summed E-state index contributed by atoms with van der Waals surface area (Å²) in [5.74, 6) is -4.46. The van der Waals surface area contributed by atoms with E-state index in [4.69, 9.17) is 11.6 Å². The van der Waals surface area contributed by atoms with E-state index in [0.717, 1.165) is 0 Å². The molecule has 1 fully saturated rings. The van der Waals surface area contributed by atoms with Gasteiger partial charge in [-0.2, -0.15) is 0 Å². The number of phenols is 1. The summed E-state index contributed by atoms with van der Waals surface area (Å²) in [4.78, 5) is 18.2. The highest BCUT2D eigenvalue weighted by molar-refractivity contribution is 6.32. The van der Waals surface area contributed by atoms with Crippen LogP contribution in [0, 0.1) is 18.7 Å². The first-order valence-corrected chi connectivity index (χ1v) is 12.0. The SMILES string of the molecule is Cc1ncc(-c2cc(F)cc(-c3ccc(-n4ccn(C)c4=O)c(Cl)c3)c2O)cc1N1C[C@H](C)C(F)(F)C1. The van der Waals surface area contributed by atoms with Gasteiger partial charge >= 0.3 is 5.69 Å². The molecule has 1 saturated heterocycles. The molecule has 3 heterocycles. The highest BCUT2D eigenvalue weighted by atomic mass is 35.5. The van der Waals surface area contributed by atoms with Crippen LogP contribution in [0.5, 0.6) is 5.75 Å². The van der Waals surface area contributed by atoms with Gasteiger partial charge in [-0.25, -0.2) is 18.0 Å². The van der Waals surface area contributed by atoms with Gasteiger partial charge in [-0.3, -0.25) is 9.55 Å². The topological polar surface area (TPSA) is 63.3 Å². The van der Waals surface area contributed by atoms with Crippen LogP contribution in [0.25, 0.3) is 27.9 Å². The maximum atomic E-state index is 14.8. The molecule has 2 aromatic carbocycles. The van der Waals surface area contributed by atoms with Crippen LogP contribution >= 0.6 is 11.6 Å². The van der Waals surface area contributed by atoms with Crippen LogP contribution in [0.4, 0.5) is 18.9 Å². The molecular formula is C27H24ClF3N4O2. The van der Waals surface area contributed by atoms with Crippen LogP contribution in [0.1, 0.15) is 12.6 Å². The Bertz CT molecular complexity index is 1580. The number of phenolic OH excluding ortho intramolecular Hbond substituents is 1. The van der Waals surface area contributed by atoms with E-state index in [2.05, 4.69) is 4.98 Å². The number of imidazole rings is 1. The number of halogens is 4. The fourth-order valence-corrected chi connectivity index (χ4v) is 4.94. The van der Waals surface area contributed by atoms with Crippen molar-refractivity contribution in [3.63, 3.8) is 0 Å². The zero-order chi connectivity index (χ0) is 26.6. The Kier molecular flexibility index (Phi) is 6.06. The fraction of sp³-hybridized carbons (Fsp3) is 0.259. The summed E-state index contributed by atoms with van der Waals surface area (Å²) in [5.41, 5.74) is 2.41. The Balaban J connectivity index is 1.56. The minimum absolute atomic E-state index is 0.161. The lowest BCUT2D eigenvalue weighted by atomic mass is 9.97. The molecule has 0 spiro atoms. The molecule has 1 atom stereocenters. The summed E-state index contributed by atoms with van der Waals surface area (Å²) in [5, 5.41) is 11.4. The van der Waals surface area contributed by atoms with E-state index in [0.29, 0.717) is 28.2 Å². The third kappa shape index (κ3) is 4.37. The molecule has 5 rings (SSSR count). The van der Waals surface area contributed by atoms with Crippen LogP contribution < -0.4 is 10.6 Å². The maximum absolute atomic E-state index is 14.8. The van der Waals surface area contributed by atoms with Gasteiger partial charge in [0, 0.05) is 54.8 Å². The zero-order valence-corrected chi connectivity index (χ0v) is 21.1. The van der Waals surface area contributed by atoms with Crippen LogP contribution in [0.3, 0.4) is 0 Å². The van der Waals surface area contributed by atoms with E-state index in [1.807, 2.05) is 0 Å². The largest absolute Gasteiger partial charge is 0.507 e. The normalized spacial score (nSPS) is 16.9. The number of aromatic hydroxyl groups is 1. The van der Waals surface area contributed by atoms with Gasteiger partial charge in [0.1, 0.15) is 11.6 Å². The first-order chi connectivity index (χ1) is 17.5. The monoisotopic (exact) mass is 528 g/mol. The average Bonchev–Trinajstić information content (AvgIpc) is 3.32. The quantitative estimate of drug-likeness (QED) is 0.363. The number of nitrogens with zero attached hydrogens (tertiary/aromatic N) is 4.